The number of aliphatic hydroxyl groups is 1. The lowest BCUT2D eigenvalue weighted by Gasteiger charge is -2.22. The molecule has 2 unspecified atom stereocenters. The lowest BCUT2D eigenvalue weighted by atomic mass is 9.90. The number of hydrogen-bond acceptors (Lipinski definition) is 4. The van der Waals surface area contributed by atoms with Crippen molar-refractivity contribution in [1.29, 1.82) is 0 Å². The Morgan fingerprint density at radius 3 is 1.21 bits per heavy atom. The SMILES string of the molecule is C/C=C\C.C=CC.C=CO.CCCCCCCCC(CC)CCCCCC.CCCCCCCCC(CCCCCC)CCCCOCN(CCCC)CCCCCC(C)=O. The van der Waals surface area contributed by atoms with Gasteiger partial charge in [-0.05, 0) is 65.2 Å². The summed E-state index contributed by atoms with van der Waals surface area (Å²) in [6, 6.07) is 0. The van der Waals surface area contributed by atoms with Crippen molar-refractivity contribution in [1.82, 2.24) is 4.90 Å². The number of nitrogens with zero attached hydrogens (tertiary/aromatic N) is 1. The molecule has 368 valence electrons. The van der Waals surface area contributed by atoms with Crippen molar-refractivity contribution >= 4 is 5.78 Å². The second kappa shape index (κ2) is 67.7. The number of aliphatic hydroxyl groups excluding tert-OH is 1. The van der Waals surface area contributed by atoms with E-state index in [1.54, 1.807) is 13.0 Å². The molecule has 0 amide bonds. The number of ketones is 1. The van der Waals surface area contributed by atoms with Gasteiger partial charge >= 0.3 is 0 Å². The standard InChI is InChI=1S/C31H63NO2.C17H36.C4H8.C3H6.C2H4O/c1-5-8-11-13-14-18-24-31(23-17-12-9-6-2)25-19-21-28-34-29-32(26-10-7-3)27-20-15-16-22-30(4)33;1-4-7-9-11-12-14-16-17(6-3)15-13-10-8-5-2;1-3-4-2;1-3-2;1-2-3/h31H,5-29H2,1-4H3;17H,4-16H2,1-3H3;3-4H,1-2H3;3H,1H2,2H3;2-3H,1H2/b;;4-3-;;. The summed E-state index contributed by atoms with van der Waals surface area (Å²) in [7, 11) is 0. The molecule has 2 atom stereocenters. The Labute approximate surface area is 387 Å². The highest BCUT2D eigenvalue weighted by molar-refractivity contribution is 5.75. The number of carbonyl (C=O) groups excluding carboxylic acids is 1. The molecule has 0 heterocycles. The number of allylic oxidation sites excluding steroid dienone is 3. The zero-order chi connectivity index (χ0) is 46.7. The van der Waals surface area contributed by atoms with E-state index in [4.69, 9.17) is 9.84 Å². The van der Waals surface area contributed by atoms with Crippen LogP contribution in [0.3, 0.4) is 0 Å². The highest BCUT2D eigenvalue weighted by atomic mass is 16.5. The average molecular weight is 865 g/mol. The highest BCUT2D eigenvalue weighted by Gasteiger charge is 2.10. The number of rotatable bonds is 41. The topological polar surface area (TPSA) is 49.8 Å². The molecule has 61 heavy (non-hydrogen) atoms. The summed E-state index contributed by atoms with van der Waals surface area (Å²) < 4.78 is 6.09. The molecule has 0 aromatic heterocycles. The van der Waals surface area contributed by atoms with Crippen LogP contribution < -0.4 is 0 Å². The molecular weight excluding hydrogens is 747 g/mol. The summed E-state index contributed by atoms with van der Waals surface area (Å²) >= 11 is 0. The van der Waals surface area contributed by atoms with Gasteiger partial charge in [-0.3, -0.25) is 4.90 Å². The second-order valence-corrected chi connectivity index (χ2v) is 17.7. The quantitative estimate of drug-likeness (QED) is 0.0288. The van der Waals surface area contributed by atoms with Gasteiger partial charge < -0.3 is 14.6 Å². The summed E-state index contributed by atoms with van der Waals surface area (Å²) in [5, 5.41) is 7.33. The van der Waals surface area contributed by atoms with E-state index in [9.17, 15) is 4.79 Å². The fraction of sp³-hybridized carbons (Fsp3) is 0.877. The minimum atomic E-state index is 0.321. The summed E-state index contributed by atoms with van der Waals surface area (Å²) in [5.74, 6) is 2.29. The van der Waals surface area contributed by atoms with Crippen molar-refractivity contribution in [3.63, 3.8) is 0 Å². The van der Waals surface area contributed by atoms with Crippen molar-refractivity contribution in [2.75, 3.05) is 26.4 Å². The van der Waals surface area contributed by atoms with Crippen LogP contribution in [0.25, 0.3) is 0 Å². The zero-order valence-corrected chi connectivity index (χ0v) is 44.0. The van der Waals surface area contributed by atoms with Gasteiger partial charge in [0.1, 0.15) is 5.78 Å². The molecule has 0 saturated heterocycles. The van der Waals surface area contributed by atoms with Crippen LogP contribution >= 0.6 is 0 Å². The molecule has 0 aromatic rings. The number of Topliss-reactive ketones (excluding diaryl/α,β-unsaturated/α-hetero) is 1. The van der Waals surface area contributed by atoms with E-state index in [-0.39, 0.29) is 0 Å². The third kappa shape index (κ3) is 73.3. The van der Waals surface area contributed by atoms with Gasteiger partial charge in [-0.25, -0.2) is 0 Å². The number of ether oxygens (including phenoxy) is 1. The predicted octanol–water partition coefficient (Wildman–Crippen LogP) is 19.9. The van der Waals surface area contributed by atoms with Crippen molar-refractivity contribution in [3.05, 3.63) is 37.6 Å². The van der Waals surface area contributed by atoms with Crippen LogP contribution in [0.1, 0.15) is 288 Å². The van der Waals surface area contributed by atoms with Gasteiger partial charge in [0.2, 0.25) is 0 Å². The Balaban J connectivity index is -0.000000319. The molecule has 0 aliphatic carbocycles. The molecule has 0 radical (unpaired) electrons. The molecule has 0 spiro atoms. The maximum atomic E-state index is 11.1. The molecule has 0 bridgehead atoms. The Morgan fingerprint density at radius 1 is 0.508 bits per heavy atom. The first-order valence-electron chi connectivity index (χ1n) is 26.9. The largest absolute Gasteiger partial charge is 0.516 e. The maximum Gasteiger partial charge on any atom is 0.129 e. The lowest BCUT2D eigenvalue weighted by molar-refractivity contribution is -0.117. The van der Waals surface area contributed by atoms with E-state index in [1.165, 1.54) is 199 Å². The molecule has 4 nitrogen and oxygen atoms in total. The first-order valence-corrected chi connectivity index (χ1v) is 26.9. The third-order valence-electron chi connectivity index (χ3n) is 11.5. The van der Waals surface area contributed by atoms with Crippen LogP contribution in [0.4, 0.5) is 0 Å². The lowest BCUT2D eigenvalue weighted by Crippen LogP contribution is -2.29. The summed E-state index contributed by atoms with van der Waals surface area (Å²) in [6.07, 6.45) is 52.9. The third-order valence-corrected chi connectivity index (χ3v) is 11.5. The van der Waals surface area contributed by atoms with Crippen molar-refractivity contribution in [2.24, 2.45) is 11.8 Å². The van der Waals surface area contributed by atoms with Crippen LogP contribution in [0, 0.1) is 11.8 Å². The molecule has 0 aliphatic heterocycles. The second-order valence-electron chi connectivity index (χ2n) is 17.7. The van der Waals surface area contributed by atoms with Crippen LogP contribution in [-0.4, -0.2) is 42.2 Å². The van der Waals surface area contributed by atoms with Crippen LogP contribution in [-0.2, 0) is 9.53 Å². The van der Waals surface area contributed by atoms with Gasteiger partial charge in [0.05, 0.1) is 13.0 Å². The maximum absolute atomic E-state index is 11.1. The van der Waals surface area contributed by atoms with Gasteiger partial charge in [-0.2, -0.15) is 0 Å². The molecular formula is C57H117NO3. The Morgan fingerprint density at radius 2 is 0.836 bits per heavy atom. The molecule has 0 fully saturated rings. The molecule has 0 aromatic carbocycles. The van der Waals surface area contributed by atoms with Crippen molar-refractivity contribution in [2.45, 2.75) is 288 Å². The van der Waals surface area contributed by atoms with E-state index in [1.807, 2.05) is 32.9 Å². The molecule has 0 rings (SSSR count). The minimum Gasteiger partial charge on any atom is -0.516 e. The monoisotopic (exact) mass is 864 g/mol. The first kappa shape index (κ1) is 68.7. The minimum absolute atomic E-state index is 0.321. The van der Waals surface area contributed by atoms with Crippen molar-refractivity contribution < 1.29 is 14.6 Å². The zero-order valence-electron chi connectivity index (χ0n) is 44.0. The molecule has 4 heteroatoms. The van der Waals surface area contributed by atoms with Crippen LogP contribution in [0.5, 0.6) is 0 Å². The van der Waals surface area contributed by atoms with E-state index >= 15 is 0 Å². The molecule has 1 N–H and O–H groups in total. The number of unbranched alkanes of at least 4 members (excludes halogenated alkanes) is 20. The van der Waals surface area contributed by atoms with E-state index < -0.39 is 0 Å². The van der Waals surface area contributed by atoms with E-state index in [0.29, 0.717) is 5.78 Å². The van der Waals surface area contributed by atoms with Crippen LogP contribution in [0.15, 0.2) is 37.6 Å². The Kier molecular flexibility index (Phi) is 76.2. The van der Waals surface area contributed by atoms with Gasteiger partial charge in [-0.15, -0.1) is 6.58 Å². The summed E-state index contributed by atoms with van der Waals surface area (Å²) in [4.78, 5) is 13.6. The molecule has 0 aliphatic rings. The predicted molar refractivity (Wildman–Crippen MR) is 280 cm³/mol. The van der Waals surface area contributed by atoms with Gasteiger partial charge in [0.15, 0.2) is 0 Å². The van der Waals surface area contributed by atoms with Gasteiger partial charge in [-0.1, -0.05) is 253 Å². The average Bonchev–Trinajstić information content (AvgIpc) is 3.25. The highest BCUT2D eigenvalue weighted by Crippen LogP contribution is 2.24. The Bertz CT molecular complexity index is 785. The number of hydrogen-bond donors (Lipinski definition) is 1. The summed E-state index contributed by atoms with van der Waals surface area (Å²) in [5.41, 5.74) is 0. The van der Waals surface area contributed by atoms with Crippen LogP contribution in [0.2, 0.25) is 0 Å². The van der Waals surface area contributed by atoms with E-state index in [0.717, 1.165) is 63.8 Å². The fourth-order valence-corrected chi connectivity index (χ4v) is 7.47. The van der Waals surface area contributed by atoms with Gasteiger partial charge in [0.25, 0.3) is 0 Å². The number of carbonyl (C=O) groups is 1. The fourth-order valence-electron chi connectivity index (χ4n) is 7.47. The van der Waals surface area contributed by atoms with Crippen molar-refractivity contribution in [3.8, 4) is 0 Å². The van der Waals surface area contributed by atoms with E-state index in [2.05, 4.69) is 59.6 Å². The summed E-state index contributed by atoms with van der Waals surface area (Å²) in [6.45, 7) is 31.6. The first-order chi connectivity index (χ1) is 29.7. The normalized spacial score (nSPS) is 11.6. The Hall–Kier alpha value is -1.39. The molecule has 0 saturated carbocycles. The van der Waals surface area contributed by atoms with Gasteiger partial charge in [0, 0.05) is 26.1 Å². The smallest absolute Gasteiger partial charge is 0.129 e.